The average Bonchev–Trinajstić information content (AvgIpc) is 3.10. The summed E-state index contributed by atoms with van der Waals surface area (Å²) in [7, 11) is 1.66. The van der Waals surface area contributed by atoms with Gasteiger partial charge in [0.15, 0.2) is 11.5 Å². The lowest BCUT2D eigenvalue weighted by Crippen LogP contribution is -2.38. The predicted molar refractivity (Wildman–Crippen MR) is 110 cm³/mol. The van der Waals surface area contributed by atoms with Crippen molar-refractivity contribution in [3.63, 3.8) is 0 Å². The van der Waals surface area contributed by atoms with Crippen LogP contribution in [0.1, 0.15) is 18.2 Å². The molecule has 1 aromatic carbocycles. The standard InChI is InChI=1S/C20H25N3O4S/c1-13-9-19(24)21-22-20(13)18-11-14-10-16(15(25-2)12-17(14)28-18)27-8-5-23-3-6-26-7-4-23/h10-13H,3-9H2,1-2H3,(H,21,24). The monoisotopic (exact) mass is 403 g/mol. The second-order valence-electron chi connectivity index (χ2n) is 7.09. The first-order valence-electron chi connectivity index (χ1n) is 9.55. The van der Waals surface area contributed by atoms with Gasteiger partial charge in [0, 0.05) is 42.7 Å². The minimum absolute atomic E-state index is 0.0324. The van der Waals surface area contributed by atoms with Crippen molar-refractivity contribution < 1.29 is 19.0 Å². The summed E-state index contributed by atoms with van der Waals surface area (Å²) in [4.78, 5) is 14.9. The van der Waals surface area contributed by atoms with Crippen LogP contribution in [0.5, 0.6) is 11.5 Å². The van der Waals surface area contributed by atoms with E-state index in [1.165, 1.54) is 0 Å². The van der Waals surface area contributed by atoms with Crippen LogP contribution in [0, 0.1) is 5.92 Å². The summed E-state index contributed by atoms with van der Waals surface area (Å²) in [5.41, 5.74) is 3.52. The third-order valence-corrected chi connectivity index (χ3v) is 6.20. The first-order valence-corrected chi connectivity index (χ1v) is 10.4. The van der Waals surface area contributed by atoms with Crippen LogP contribution in [-0.2, 0) is 9.53 Å². The van der Waals surface area contributed by atoms with Gasteiger partial charge in [0.05, 0.1) is 30.9 Å². The number of nitrogens with zero attached hydrogens (tertiary/aromatic N) is 2. The van der Waals surface area contributed by atoms with E-state index in [2.05, 4.69) is 21.5 Å². The molecule has 1 amide bonds. The largest absolute Gasteiger partial charge is 0.493 e. The number of amides is 1. The highest BCUT2D eigenvalue weighted by Gasteiger charge is 2.23. The van der Waals surface area contributed by atoms with Crippen molar-refractivity contribution in [2.75, 3.05) is 46.6 Å². The highest BCUT2D eigenvalue weighted by atomic mass is 32.1. The van der Waals surface area contributed by atoms with E-state index in [-0.39, 0.29) is 11.8 Å². The van der Waals surface area contributed by atoms with Crippen molar-refractivity contribution >= 4 is 33.0 Å². The minimum Gasteiger partial charge on any atom is -0.493 e. The van der Waals surface area contributed by atoms with Gasteiger partial charge in [-0.25, -0.2) is 5.43 Å². The van der Waals surface area contributed by atoms with Gasteiger partial charge in [0.2, 0.25) is 5.91 Å². The number of carbonyl (C=O) groups is 1. The molecule has 0 saturated carbocycles. The maximum atomic E-state index is 11.5. The Morgan fingerprint density at radius 1 is 1.29 bits per heavy atom. The first-order chi connectivity index (χ1) is 13.6. The molecule has 1 N–H and O–H groups in total. The Balaban J connectivity index is 1.52. The molecule has 1 atom stereocenters. The molecule has 28 heavy (non-hydrogen) atoms. The highest BCUT2D eigenvalue weighted by Crippen LogP contribution is 2.37. The Kier molecular flexibility index (Phi) is 5.79. The molecule has 1 fully saturated rings. The van der Waals surface area contributed by atoms with E-state index in [1.807, 2.05) is 19.1 Å². The van der Waals surface area contributed by atoms with Gasteiger partial charge in [-0.2, -0.15) is 5.10 Å². The summed E-state index contributed by atoms with van der Waals surface area (Å²) in [6.45, 7) is 6.98. The van der Waals surface area contributed by atoms with E-state index in [1.54, 1.807) is 18.4 Å². The zero-order chi connectivity index (χ0) is 19.5. The molecule has 4 rings (SSSR count). The summed E-state index contributed by atoms with van der Waals surface area (Å²) >= 11 is 1.65. The molecule has 1 aromatic heterocycles. The van der Waals surface area contributed by atoms with Crippen molar-refractivity contribution in [2.24, 2.45) is 11.0 Å². The number of rotatable bonds is 6. The lowest BCUT2D eigenvalue weighted by Gasteiger charge is -2.26. The molecule has 1 unspecified atom stereocenters. The molecule has 2 aromatic rings. The molecule has 0 bridgehead atoms. The van der Waals surface area contributed by atoms with Crippen LogP contribution in [0.15, 0.2) is 23.3 Å². The molecule has 0 spiro atoms. The van der Waals surface area contributed by atoms with Gasteiger partial charge in [-0.05, 0) is 17.5 Å². The Morgan fingerprint density at radius 2 is 2.11 bits per heavy atom. The molecule has 3 heterocycles. The normalized spacial score (nSPS) is 20.7. The van der Waals surface area contributed by atoms with Crippen LogP contribution in [0.3, 0.4) is 0 Å². The summed E-state index contributed by atoms with van der Waals surface area (Å²) in [5.74, 6) is 1.55. The number of nitrogens with one attached hydrogen (secondary N) is 1. The summed E-state index contributed by atoms with van der Waals surface area (Å²) in [6, 6.07) is 6.15. The van der Waals surface area contributed by atoms with Crippen molar-refractivity contribution in [1.82, 2.24) is 10.3 Å². The minimum atomic E-state index is -0.0324. The van der Waals surface area contributed by atoms with Crippen LogP contribution in [-0.4, -0.2) is 63.1 Å². The van der Waals surface area contributed by atoms with Gasteiger partial charge in [-0.3, -0.25) is 9.69 Å². The first kappa shape index (κ1) is 19.2. The maximum absolute atomic E-state index is 11.5. The van der Waals surface area contributed by atoms with Gasteiger partial charge in [-0.15, -0.1) is 11.3 Å². The maximum Gasteiger partial charge on any atom is 0.240 e. The summed E-state index contributed by atoms with van der Waals surface area (Å²) in [5, 5.41) is 5.36. The topological polar surface area (TPSA) is 72.4 Å². The second-order valence-corrected chi connectivity index (χ2v) is 8.17. The fourth-order valence-electron chi connectivity index (χ4n) is 3.51. The van der Waals surface area contributed by atoms with E-state index in [0.29, 0.717) is 13.0 Å². The number of benzene rings is 1. The molecule has 0 radical (unpaired) electrons. The smallest absolute Gasteiger partial charge is 0.240 e. The van der Waals surface area contributed by atoms with Gasteiger partial charge in [-0.1, -0.05) is 6.92 Å². The van der Waals surface area contributed by atoms with E-state index < -0.39 is 0 Å². The fraction of sp³-hybridized carbons (Fsp3) is 0.500. The molecule has 1 saturated heterocycles. The number of carbonyl (C=O) groups excluding carboxylic acids is 1. The van der Waals surface area contributed by atoms with Gasteiger partial charge in [0.1, 0.15) is 6.61 Å². The lowest BCUT2D eigenvalue weighted by molar-refractivity contribution is -0.121. The predicted octanol–water partition coefficient (Wildman–Crippen LogP) is 2.48. The Morgan fingerprint density at radius 3 is 2.86 bits per heavy atom. The number of ether oxygens (including phenoxy) is 3. The molecular weight excluding hydrogens is 378 g/mol. The zero-order valence-electron chi connectivity index (χ0n) is 16.2. The van der Waals surface area contributed by atoms with Gasteiger partial charge >= 0.3 is 0 Å². The summed E-state index contributed by atoms with van der Waals surface area (Å²) < 4.78 is 18.1. The molecular formula is C20H25N3O4S. The van der Waals surface area contributed by atoms with Crippen molar-refractivity contribution in [2.45, 2.75) is 13.3 Å². The van der Waals surface area contributed by atoms with Crippen LogP contribution in [0.4, 0.5) is 0 Å². The van der Waals surface area contributed by atoms with Gasteiger partial charge < -0.3 is 14.2 Å². The van der Waals surface area contributed by atoms with Crippen molar-refractivity contribution in [3.8, 4) is 11.5 Å². The number of morpholine rings is 1. The quantitative estimate of drug-likeness (QED) is 0.802. The van der Waals surface area contributed by atoms with Crippen LogP contribution >= 0.6 is 11.3 Å². The number of hydrazone groups is 1. The van der Waals surface area contributed by atoms with Crippen molar-refractivity contribution in [3.05, 3.63) is 23.1 Å². The van der Waals surface area contributed by atoms with Crippen LogP contribution < -0.4 is 14.9 Å². The van der Waals surface area contributed by atoms with Gasteiger partial charge in [0.25, 0.3) is 0 Å². The zero-order valence-corrected chi connectivity index (χ0v) is 17.0. The Labute approximate surface area is 168 Å². The number of hydrogen-bond acceptors (Lipinski definition) is 7. The molecule has 8 heteroatoms. The second kappa shape index (κ2) is 8.46. The number of methoxy groups -OCH3 is 1. The Bertz CT molecular complexity index is 889. The summed E-state index contributed by atoms with van der Waals surface area (Å²) in [6.07, 6.45) is 0.465. The van der Waals surface area contributed by atoms with Crippen molar-refractivity contribution in [1.29, 1.82) is 0 Å². The number of fused-ring (bicyclic) bond motifs is 1. The fourth-order valence-corrected chi connectivity index (χ4v) is 4.68. The van der Waals surface area contributed by atoms with Crippen LogP contribution in [0.2, 0.25) is 0 Å². The molecule has 150 valence electrons. The number of hydrogen-bond donors (Lipinski definition) is 1. The lowest BCUT2D eigenvalue weighted by atomic mass is 9.99. The molecule has 2 aliphatic rings. The van der Waals surface area contributed by atoms with E-state index >= 15 is 0 Å². The SMILES string of the molecule is COc1cc2sc(C3=NNC(=O)CC3C)cc2cc1OCCN1CCOCC1. The highest BCUT2D eigenvalue weighted by molar-refractivity contribution is 7.21. The molecule has 0 aliphatic carbocycles. The van der Waals surface area contributed by atoms with E-state index in [4.69, 9.17) is 14.2 Å². The van der Waals surface area contributed by atoms with Crippen LogP contribution in [0.25, 0.3) is 10.1 Å². The third kappa shape index (κ3) is 4.14. The van der Waals surface area contributed by atoms with E-state index in [0.717, 1.165) is 65.0 Å². The number of thiophene rings is 1. The molecule has 2 aliphatic heterocycles. The van der Waals surface area contributed by atoms with E-state index in [9.17, 15) is 4.79 Å². The Hall–Kier alpha value is -2.16. The third-order valence-electron chi connectivity index (χ3n) is 5.08. The average molecular weight is 404 g/mol. The molecule has 7 nitrogen and oxygen atoms in total.